The van der Waals surface area contributed by atoms with Crippen LogP contribution in [0.2, 0.25) is 0 Å². The average Bonchev–Trinajstić information content (AvgIpc) is 3.39. The number of hydrogen-bond donors (Lipinski definition) is 3. The van der Waals surface area contributed by atoms with Crippen molar-refractivity contribution in [3.8, 4) is 11.5 Å². The van der Waals surface area contributed by atoms with Gasteiger partial charge in [-0.3, -0.25) is 4.79 Å². The Morgan fingerprint density at radius 2 is 1.60 bits per heavy atom. The quantitative estimate of drug-likeness (QED) is 0.420. The van der Waals surface area contributed by atoms with Gasteiger partial charge in [0, 0.05) is 30.4 Å². The van der Waals surface area contributed by atoms with E-state index in [0.717, 1.165) is 37.2 Å². The minimum atomic E-state index is -0.420. The third-order valence-electron chi connectivity index (χ3n) is 5.89. The normalized spacial score (nSPS) is 12.7. The van der Waals surface area contributed by atoms with Gasteiger partial charge in [0.15, 0.2) is 0 Å². The summed E-state index contributed by atoms with van der Waals surface area (Å²) in [5.41, 5.74) is 4.21. The van der Waals surface area contributed by atoms with Gasteiger partial charge in [-0.25, -0.2) is 4.79 Å². The first-order chi connectivity index (χ1) is 17.0. The number of hydrogen-bond acceptors (Lipinski definition) is 5. The summed E-state index contributed by atoms with van der Waals surface area (Å²) in [4.78, 5) is 27.9. The molecule has 0 aliphatic carbocycles. The molecule has 3 aromatic carbocycles. The van der Waals surface area contributed by atoms with E-state index < -0.39 is 6.03 Å². The second-order valence-corrected chi connectivity index (χ2v) is 8.40. The monoisotopic (exact) mass is 474 g/mol. The molecule has 4 rings (SSSR count). The summed E-state index contributed by atoms with van der Waals surface area (Å²) in [6.45, 7) is 3.77. The standard InChI is InChI=1S/C27H30N4O4/c1-18-7-6-8-19(15-18)26(32)28-20-9-12-24(31-13-4-5-14-31)23(16-20)30-27(33)29-22-11-10-21(34-2)17-25(22)35-3/h6-12,15-17H,4-5,13-14H2,1-3H3,(H,28,32)(H2,29,30,33). The molecule has 8 heteroatoms. The van der Waals surface area contributed by atoms with Crippen molar-refractivity contribution in [2.24, 2.45) is 0 Å². The largest absolute Gasteiger partial charge is 0.497 e. The van der Waals surface area contributed by atoms with Crippen LogP contribution in [0.1, 0.15) is 28.8 Å². The van der Waals surface area contributed by atoms with E-state index in [-0.39, 0.29) is 5.91 Å². The van der Waals surface area contributed by atoms with Gasteiger partial charge in [0.2, 0.25) is 0 Å². The molecule has 3 N–H and O–H groups in total. The van der Waals surface area contributed by atoms with E-state index in [1.807, 2.05) is 37.3 Å². The van der Waals surface area contributed by atoms with Crippen LogP contribution in [0.25, 0.3) is 0 Å². The molecule has 1 aliphatic rings. The molecule has 3 amide bonds. The van der Waals surface area contributed by atoms with Crippen LogP contribution >= 0.6 is 0 Å². The Labute approximate surface area is 205 Å². The van der Waals surface area contributed by atoms with Crippen LogP contribution in [0.4, 0.5) is 27.5 Å². The molecule has 0 bridgehead atoms. The highest BCUT2D eigenvalue weighted by Gasteiger charge is 2.19. The topological polar surface area (TPSA) is 91.9 Å². The van der Waals surface area contributed by atoms with Gasteiger partial charge >= 0.3 is 6.03 Å². The summed E-state index contributed by atoms with van der Waals surface area (Å²) in [6.07, 6.45) is 2.20. The van der Waals surface area contributed by atoms with Crippen molar-refractivity contribution in [3.05, 3.63) is 71.8 Å². The second-order valence-electron chi connectivity index (χ2n) is 8.40. The zero-order valence-corrected chi connectivity index (χ0v) is 20.2. The van der Waals surface area contributed by atoms with Crippen LogP contribution in [-0.4, -0.2) is 39.2 Å². The summed E-state index contributed by atoms with van der Waals surface area (Å²) in [6, 6.07) is 17.7. The number of nitrogens with one attached hydrogen (secondary N) is 3. The van der Waals surface area contributed by atoms with Crippen molar-refractivity contribution in [2.45, 2.75) is 19.8 Å². The fraction of sp³-hybridized carbons (Fsp3) is 0.259. The van der Waals surface area contributed by atoms with Crippen molar-refractivity contribution >= 4 is 34.7 Å². The number of amides is 3. The summed E-state index contributed by atoms with van der Waals surface area (Å²) >= 11 is 0. The van der Waals surface area contributed by atoms with Gasteiger partial charge in [0.05, 0.1) is 31.3 Å². The number of urea groups is 1. The predicted octanol–water partition coefficient (Wildman–Crippen LogP) is 5.51. The lowest BCUT2D eigenvalue weighted by Gasteiger charge is -2.23. The zero-order valence-electron chi connectivity index (χ0n) is 20.2. The average molecular weight is 475 g/mol. The first-order valence-corrected chi connectivity index (χ1v) is 11.5. The smallest absolute Gasteiger partial charge is 0.323 e. The molecule has 1 heterocycles. The molecular weight excluding hydrogens is 444 g/mol. The number of methoxy groups -OCH3 is 2. The maximum Gasteiger partial charge on any atom is 0.323 e. The molecule has 8 nitrogen and oxygen atoms in total. The molecule has 1 aliphatic heterocycles. The third kappa shape index (κ3) is 5.84. The lowest BCUT2D eigenvalue weighted by atomic mass is 10.1. The van der Waals surface area contributed by atoms with Gasteiger partial charge in [0.1, 0.15) is 11.5 Å². The van der Waals surface area contributed by atoms with E-state index in [9.17, 15) is 9.59 Å². The lowest BCUT2D eigenvalue weighted by Crippen LogP contribution is -2.24. The molecule has 0 radical (unpaired) electrons. The molecule has 3 aromatic rings. The first kappa shape index (κ1) is 23.9. The zero-order chi connectivity index (χ0) is 24.8. The maximum absolute atomic E-state index is 12.9. The Bertz CT molecular complexity index is 1220. The minimum absolute atomic E-state index is 0.207. The Kier molecular flexibility index (Phi) is 7.40. The van der Waals surface area contributed by atoms with Crippen molar-refractivity contribution in [3.63, 3.8) is 0 Å². The van der Waals surface area contributed by atoms with Crippen LogP contribution in [-0.2, 0) is 0 Å². The molecule has 182 valence electrons. The van der Waals surface area contributed by atoms with E-state index in [1.165, 1.54) is 7.11 Å². The van der Waals surface area contributed by atoms with Crippen molar-refractivity contribution in [1.29, 1.82) is 0 Å². The molecule has 0 unspecified atom stereocenters. The van der Waals surface area contributed by atoms with Crippen LogP contribution in [0, 0.1) is 6.92 Å². The predicted molar refractivity (Wildman–Crippen MR) is 139 cm³/mol. The van der Waals surface area contributed by atoms with E-state index in [0.29, 0.717) is 34.1 Å². The molecule has 0 aromatic heterocycles. The number of rotatable bonds is 7. The van der Waals surface area contributed by atoms with Crippen LogP contribution in [0.3, 0.4) is 0 Å². The third-order valence-corrected chi connectivity index (χ3v) is 5.89. The number of carbonyl (C=O) groups excluding carboxylic acids is 2. The van der Waals surface area contributed by atoms with Gasteiger partial charge in [-0.2, -0.15) is 0 Å². The van der Waals surface area contributed by atoms with Gasteiger partial charge in [-0.1, -0.05) is 17.7 Å². The molecule has 0 saturated carbocycles. The van der Waals surface area contributed by atoms with Crippen molar-refractivity contribution in [1.82, 2.24) is 0 Å². The highest BCUT2D eigenvalue weighted by molar-refractivity contribution is 6.06. The SMILES string of the molecule is COc1ccc(NC(=O)Nc2cc(NC(=O)c3cccc(C)c3)ccc2N2CCCC2)c(OC)c1. The Balaban J connectivity index is 1.55. The van der Waals surface area contributed by atoms with E-state index in [2.05, 4.69) is 20.9 Å². The Morgan fingerprint density at radius 1 is 0.829 bits per heavy atom. The number of benzene rings is 3. The van der Waals surface area contributed by atoms with Gasteiger partial charge in [-0.05, 0) is 62.2 Å². The minimum Gasteiger partial charge on any atom is -0.497 e. The fourth-order valence-electron chi connectivity index (χ4n) is 4.11. The summed E-state index contributed by atoms with van der Waals surface area (Å²) < 4.78 is 10.6. The van der Waals surface area contributed by atoms with E-state index >= 15 is 0 Å². The number of ether oxygens (including phenoxy) is 2. The van der Waals surface area contributed by atoms with E-state index in [4.69, 9.17) is 9.47 Å². The molecule has 0 atom stereocenters. The lowest BCUT2D eigenvalue weighted by molar-refractivity contribution is 0.102. The highest BCUT2D eigenvalue weighted by atomic mass is 16.5. The van der Waals surface area contributed by atoms with Crippen molar-refractivity contribution < 1.29 is 19.1 Å². The number of carbonyl (C=O) groups is 2. The van der Waals surface area contributed by atoms with Gasteiger partial charge < -0.3 is 30.3 Å². The summed E-state index contributed by atoms with van der Waals surface area (Å²) in [5, 5.41) is 8.72. The maximum atomic E-state index is 12.9. The fourth-order valence-corrected chi connectivity index (χ4v) is 4.11. The Hall–Kier alpha value is -4.20. The van der Waals surface area contributed by atoms with Crippen molar-refractivity contribution in [2.75, 3.05) is 48.2 Å². The van der Waals surface area contributed by atoms with Crippen LogP contribution in [0.15, 0.2) is 60.7 Å². The molecule has 1 fully saturated rings. The summed E-state index contributed by atoms with van der Waals surface area (Å²) in [7, 11) is 3.10. The molecular formula is C27H30N4O4. The molecule has 0 spiro atoms. The Morgan fingerprint density at radius 3 is 2.31 bits per heavy atom. The van der Waals surface area contributed by atoms with Crippen LogP contribution in [0.5, 0.6) is 11.5 Å². The molecule has 1 saturated heterocycles. The number of aryl methyl sites for hydroxylation is 1. The number of nitrogens with zero attached hydrogens (tertiary/aromatic N) is 1. The van der Waals surface area contributed by atoms with Crippen LogP contribution < -0.4 is 30.3 Å². The first-order valence-electron chi connectivity index (χ1n) is 11.5. The van der Waals surface area contributed by atoms with Gasteiger partial charge in [-0.15, -0.1) is 0 Å². The molecule has 35 heavy (non-hydrogen) atoms. The number of anilines is 4. The second kappa shape index (κ2) is 10.8. The summed E-state index contributed by atoms with van der Waals surface area (Å²) in [5.74, 6) is 0.903. The highest BCUT2D eigenvalue weighted by Crippen LogP contribution is 2.33. The van der Waals surface area contributed by atoms with Gasteiger partial charge in [0.25, 0.3) is 5.91 Å². The van der Waals surface area contributed by atoms with E-state index in [1.54, 1.807) is 37.4 Å².